The van der Waals surface area contributed by atoms with E-state index in [9.17, 15) is 9.59 Å². The summed E-state index contributed by atoms with van der Waals surface area (Å²) in [5.74, 6) is -0.621. The molecule has 0 saturated carbocycles. The highest BCUT2D eigenvalue weighted by Crippen LogP contribution is 2.44. The Morgan fingerprint density at radius 2 is 1.93 bits per heavy atom. The van der Waals surface area contributed by atoms with Crippen LogP contribution in [0.2, 0.25) is 0 Å². The Kier molecular flexibility index (Phi) is 4.85. The molecule has 138 valence electrons. The number of anilines is 1. The first-order valence-electron chi connectivity index (χ1n) is 8.68. The van der Waals surface area contributed by atoms with Crippen molar-refractivity contribution in [3.05, 3.63) is 63.7 Å². The second kappa shape index (κ2) is 7.29. The highest BCUT2D eigenvalue weighted by molar-refractivity contribution is 7.13. The van der Waals surface area contributed by atoms with Gasteiger partial charge in [0.2, 0.25) is 5.91 Å². The monoisotopic (exact) mass is 397 g/mol. The molecule has 0 aliphatic carbocycles. The zero-order valence-electron chi connectivity index (χ0n) is 15.0. The number of aryl methyl sites for hydroxylation is 1. The maximum atomic E-state index is 13.0. The summed E-state index contributed by atoms with van der Waals surface area (Å²) in [6.07, 6.45) is 0.304. The number of ether oxygens (including phenoxy) is 1. The number of rotatable bonds is 4. The van der Waals surface area contributed by atoms with Gasteiger partial charge in [-0.25, -0.2) is 4.79 Å². The third-order valence-electron chi connectivity index (χ3n) is 4.87. The van der Waals surface area contributed by atoms with Gasteiger partial charge in [-0.1, -0.05) is 23.8 Å². The van der Waals surface area contributed by atoms with E-state index >= 15 is 0 Å². The summed E-state index contributed by atoms with van der Waals surface area (Å²) in [5.41, 5.74) is 2.85. The Morgan fingerprint density at radius 1 is 1.15 bits per heavy atom. The van der Waals surface area contributed by atoms with Gasteiger partial charge in [-0.15, -0.1) is 22.7 Å². The Morgan fingerprint density at radius 3 is 2.59 bits per heavy atom. The zero-order chi connectivity index (χ0) is 19.0. The molecule has 3 aromatic rings. The van der Waals surface area contributed by atoms with E-state index in [-0.39, 0.29) is 17.8 Å². The summed E-state index contributed by atoms with van der Waals surface area (Å²) in [7, 11) is 1.38. The molecular formula is C21H19NO3S2. The van der Waals surface area contributed by atoms with Gasteiger partial charge in [0.05, 0.1) is 12.8 Å². The molecule has 3 heterocycles. The first-order chi connectivity index (χ1) is 13.1. The smallest absolute Gasteiger partial charge is 0.329 e. The first-order valence-corrected chi connectivity index (χ1v) is 10.4. The van der Waals surface area contributed by atoms with Crippen LogP contribution in [-0.4, -0.2) is 25.0 Å². The van der Waals surface area contributed by atoms with Crippen LogP contribution < -0.4 is 4.90 Å². The maximum Gasteiger partial charge on any atom is 0.329 e. The Bertz CT molecular complexity index is 963. The summed E-state index contributed by atoms with van der Waals surface area (Å²) in [6, 6.07) is 13.3. The number of hydrogen-bond acceptors (Lipinski definition) is 5. The molecule has 4 nitrogen and oxygen atoms in total. The molecule has 0 bridgehead atoms. The molecule has 1 aromatic carbocycles. The van der Waals surface area contributed by atoms with Crippen LogP contribution >= 0.6 is 22.7 Å². The van der Waals surface area contributed by atoms with Crippen LogP contribution in [0.1, 0.15) is 22.8 Å². The van der Waals surface area contributed by atoms with Gasteiger partial charge in [0.25, 0.3) is 0 Å². The minimum Gasteiger partial charge on any atom is -0.467 e. The molecule has 1 aliphatic rings. The second-order valence-corrected chi connectivity index (χ2v) is 8.48. The largest absolute Gasteiger partial charge is 0.467 e. The lowest BCUT2D eigenvalue weighted by atomic mass is 9.97. The number of hydrogen-bond donors (Lipinski definition) is 0. The second-order valence-electron chi connectivity index (χ2n) is 6.56. The highest BCUT2D eigenvalue weighted by Gasteiger charge is 2.47. The van der Waals surface area contributed by atoms with Crippen molar-refractivity contribution in [3.63, 3.8) is 0 Å². The van der Waals surface area contributed by atoms with Crippen LogP contribution in [0, 0.1) is 6.92 Å². The standard InChI is InChI=1S/C21H19NO3S2/c1-13-7-8-16(14(11-13)17-5-3-9-26-17)22-19(23)12-15(18-6-4-10-27-18)20(22)21(24)25-2/h3-11,15,20H,12H2,1-2H3/t15-,20-/m0/s1. The average molecular weight is 398 g/mol. The molecule has 2 atom stereocenters. The Labute approximate surface area is 166 Å². The summed E-state index contributed by atoms with van der Waals surface area (Å²) in [5, 5.41) is 3.99. The van der Waals surface area contributed by atoms with Crippen LogP contribution in [0.25, 0.3) is 10.4 Å². The number of benzene rings is 1. The lowest BCUT2D eigenvalue weighted by Crippen LogP contribution is -2.41. The zero-order valence-corrected chi connectivity index (χ0v) is 16.7. The van der Waals surface area contributed by atoms with Gasteiger partial charge in [0.15, 0.2) is 0 Å². The van der Waals surface area contributed by atoms with Crippen molar-refractivity contribution in [2.45, 2.75) is 25.3 Å². The summed E-state index contributed by atoms with van der Waals surface area (Å²) in [6.45, 7) is 2.03. The minimum absolute atomic E-state index is 0.0505. The van der Waals surface area contributed by atoms with E-state index in [1.54, 1.807) is 27.6 Å². The van der Waals surface area contributed by atoms with E-state index in [1.807, 2.05) is 54.1 Å². The molecule has 1 aliphatic heterocycles. The van der Waals surface area contributed by atoms with Gasteiger partial charge in [-0.05, 0) is 41.9 Å². The predicted octanol–water partition coefficient (Wildman–Crippen LogP) is 4.85. The summed E-state index contributed by atoms with van der Waals surface area (Å²) >= 11 is 3.19. The van der Waals surface area contributed by atoms with E-state index in [1.165, 1.54) is 7.11 Å². The van der Waals surface area contributed by atoms with Crippen molar-refractivity contribution in [3.8, 4) is 10.4 Å². The van der Waals surface area contributed by atoms with Crippen LogP contribution in [0.15, 0.2) is 53.2 Å². The highest BCUT2D eigenvalue weighted by atomic mass is 32.1. The molecule has 27 heavy (non-hydrogen) atoms. The van der Waals surface area contributed by atoms with Gasteiger partial charge in [0, 0.05) is 27.7 Å². The maximum absolute atomic E-state index is 13.0. The number of amides is 1. The van der Waals surface area contributed by atoms with Gasteiger partial charge < -0.3 is 4.74 Å². The summed E-state index contributed by atoms with van der Waals surface area (Å²) < 4.78 is 5.09. The molecule has 0 unspecified atom stereocenters. The number of thiophene rings is 2. The Hall–Kier alpha value is -2.44. The predicted molar refractivity (Wildman–Crippen MR) is 109 cm³/mol. The van der Waals surface area contributed by atoms with Gasteiger partial charge in [-0.3, -0.25) is 9.69 Å². The fourth-order valence-electron chi connectivity index (χ4n) is 3.66. The number of nitrogens with zero attached hydrogens (tertiary/aromatic N) is 1. The number of carbonyl (C=O) groups is 2. The summed E-state index contributed by atoms with van der Waals surface area (Å²) in [4.78, 5) is 29.5. The minimum atomic E-state index is -0.650. The molecule has 1 saturated heterocycles. The molecule has 1 fully saturated rings. The van der Waals surface area contributed by atoms with E-state index in [0.717, 1.165) is 26.6 Å². The van der Waals surface area contributed by atoms with E-state index < -0.39 is 6.04 Å². The van der Waals surface area contributed by atoms with E-state index in [2.05, 4.69) is 6.07 Å². The van der Waals surface area contributed by atoms with Crippen molar-refractivity contribution in [1.29, 1.82) is 0 Å². The number of carbonyl (C=O) groups excluding carboxylic acids is 2. The lowest BCUT2D eigenvalue weighted by Gasteiger charge is -2.27. The van der Waals surface area contributed by atoms with Crippen LogP contribution in [0.3, 0.4) is 0 Å². The van der Waals surface area contributed by atoms with Crippen LogP contribution in [-0.2, 0) is 14.3 Å². The average Bonchev–Trinajstić information content (AvgIpc) is 3.41. The molecular weight excluding hydrogens is 378 g/mol. The molecule has 0 radical (unpaired) electrons. The first kappa shape index (κ1) is 17.9. The molecule has 0 N–H and O–H groups in total. The van der Waals surface area contributed by atoms with Crippen molar-refractivity contribution in [2.24, 2.45) is 0 Å². The SMILES string of the molecule is COC(=O)[C@@H]1[C@H](c2cccs2)CC(=O)N1c1ccc(C)cc1-c1cccs1. The third kappa shape index (κ3) is 3.19. The topological polar surface area (TPSA) is 46.6 Å². The van der Waals surface area contributed by atoms with Crippen molar-refractivity contribution >= 4 is 40.2 Å². The normalized spacial score (nSPS) is 19.5. The van der Waals surface area contributed by atoms with Crippen LogP contribution in [0.5, 0.6) is 0 Å². The molecule has 4 rings (SSSR count). The van der Waals surface area contributed by atoms with Gasteiger partial charge in [0.1, 0.15) is 6.04 Å². The quantitative estimate of drug-likeness (QED) is 0.592. The van der Waals surface area contributed by atoms with Crippen molar-refractivity contribution in [1.82, 2.24) is 0 Å². The van der Waals surface area contributed by atoms with Crippen molar-refractivity contribution < 1.29 is 14.3 Å². The fraction of sp³-hybridized carbons (Fsp3) is 0.238. The molecule has 6 heteroatoms. The van der Waals surface area contributed by atoms with E-state index in [0.29, 0.717) is 6.42 Å². The molecule has 1 amide bonds. The number of esters is 1. The molecule has 0 spiro atoms. The Balaban J connectivity index is 1.85. The van der Waals surface area contributed by atoms with E-state index in [4.69, 9.17) is 4.74 Å². The fourth-order valence-corrected chi connectivity index (χ4v) is 5.27. The van der Waals surface area contributed by atoms with Gasteiger partial charge >= 0.3 is 5.97 Å². The lowest BCUT2D eigenvalue weighted by molar-refractivity contribution is -0.142. The van der Waals surface area contributed by atoms with Crippen molar-refractivity contribution in [2.75, 3.05) is 12.0 Å². The van der Waals surface area contributed by atoms with Crippen LogP contribution in [0.4, 0.5) is 5.69 Å². The third-order valence-corrected chi connectivity index (χ3v) is 6.78. The van der Waals surface area contributed by atoms with Gasteiger partial charge in [-0.2, -0.15) is 0 Å². The molecule has 2 aromatic heterocycles. The number of methoxy groups -OCH3 is 1.